The summed E-state index contributed by atoms with van der Waals surface area (Å²) in [6.07, 6.45) is 1.48. The number of carbonyl (C=O) groups excluding carboxylic acids is 2. The van der Waals surface area contributed by atoms with E-state index in [1.54, 1.807) is 23.1 Å². The van der Waals surface area contributed by atoms with Gasteiger partial charge in [-0.3, -0.25) is 4.79 Å². The van der Waals surface area contributed by atoms with Gasteiger partial charge in [-0.05, 0) is 105 Å². The SMILES string of the molecule is CC(C)(C)OC(=O)N1CCCC1C(O)c1ccc(OCc2cccc(C(N)=O)c2)cc1CCc1ccc2c(c1)OCO2. The number of ether oxygens (including phenoxy) is 4. The van der Waals surface area contributed by atoms with Crippen molar-refractivity contribution in [2.45, 2.75) is 70.8 Å². The summed E-state index contributed by atoms with van der Waals surface area (Å²) in [5.41, 5.74) is 8.78. The first kappa shape index (κ1) is 29.3. The molecule has 0 spiro atoms. The molecule has 0 saturated carbocycles. The molecular weight excluding hydrogens is 536 g/mol. The van der Waals surface area contributed by atoms with Crippen LogP contribution < -0.4 is 19.9 Å². The van der Waals surface area contributed by atoms with E-state index < -0.39 is 29.7 Å². The van der Waals surface area contributed by atoms with Crippen LogP contribution in [-0.4, -0.2) is 47.0 Å². The van der Waals surface area contributed by atoms with Crippen molar-refractivity contribution in [3.05, 3.63) is 88.5 Å². The summed E-state index contributed by atoms with van der Waals surface area (Å²) in [6, 6.07) is 18.2. The molecule has 1 saturated heterocycles. The summed E-state index contributed by atoms with van der Waals surface area (Å²) >= 11 is 0. The molecule has 0 aliphatic carbocycles. The molecule has 5 rings (SSSR count). The second-order valence-electron chi connectivity index (χ2n) is 11.7. The summed E-state index contributed by atoms with van der Waals surface area (Å²) in [4.78, 5) is 26.2. The first-order chi connectivity index (χ1) is 20.1. The van der Waals surface area contributed by atoms with Crippen LogP contribution in [0.5, 0.6) is 17.2 Å². The molecule has 0 aromatic heterocycles. The number of likely N-dealkylation sites (tertiary alicyclic amines) is 1. The van der Waals surface area contributed by atoms with Crippen molar-refractivity contribution < 1.29 is 33.6 Å². The zero-order valence-electron chi connectivity index (χ0n) is 24.3. The fraction of sp³-hybridized carbons (Fsp3) is 0.394. The summed E-state index contributed by atoms with van der Waals surface area (Å²) in [6.45, 7) is 6.51. The summed E-state index contributed by atoms with van der Waals surface area (Å²) < 4.78 is 22.7. The molecule has 9 heteroatoms. The minimum absolute atomic E-state index is 0.215. The van der Waals surface area contributed by atoms with Gasteiger partial charge >= 0.3 is 6.09 Å². The number of aliphatic hydroxyl groups is 1. The van der Waals surface area contributed by atoms with E-state index in [1.165, 1.54) is 0 Å². The van der Waals surface area contributed by atoms with Crippen molar-refractivity contribution in [1.29, 1.82) is 0 Å². The van der Waals surface area contributed by atoms with E-state index in [0.29, 0.717) is 37.1 Å². The summed E-state index contributed by atoms with van der Waals surface area (Å²) in [5.74, 6) is 1.59. The zero-order valence-corrected chi connectivity index (χ0v) is 24.3. The first-order valence-corrected chi connectivity index (χ1v) is 14.3. The smallest absolute Gasteiger partial charge is 0.410 e. The number of nitrogens with two attached hydrogens (primary N) is 1. The van der Waals surface area contributed by atoms with Gasteiger partial charge in [0.2, 0.25) is 12.7 Å². The zero-order chi connectivity index (χ0) is 29.9. The van der Waals surface area contributed by atoms with Crippen LogP contribution in [-0.2, 0) is 24.2 Å². The number of carbonyl (C=O) groups is 2. The molecule has 2 heterocycles. The number of hydrogen-bond acceptors (Lipinski definition) is 7. The molecule has 42 heavy (non-hydrogen) atoms. The fourth-order valence-corrected chi connectivity index (χ4v) is 5.41. The Morgan fingerprint density at radius 3 is 2.62 bits per heavy atom. The van der Waals surface area contributed by atoms with Crippen LogP contribution in [0.15, 0.2) is 60.7 Å². The Morgan fingerprint density at radius 2 is 1.83 bits per heavy atom. The van der Waals surface area contributed by atoms with Crippen LogP contribution in [0.2, 0.25) is 0 Å². The lowest BCUT2D eigenvalue weighted by Gasteiger charge is -2.32. The lowest BCUT2D eigenvalue weighted by atomic mass is 9.92. The van der Waals surface area contributed by atoms with Crippen LogP contribution in [0.4, 0.5) is 4.79 Å². The molecule has 3 aromatic rings. The highest BCUT2D eigenvalue weighted by molar-refractivity contribution is 5.92. The number of benzene rings is 3. The Bertz CT molecular complexity index is 1450. The van der Waals surface area contributed by atoms with E-state index in [9.17, 15) is 14.7 Å². The van der Waals surface area contributed by atoms with E-state index in [2.05, 4.69) is 0 Å². The minimum atomic E-state index is -0.895. The van der Waals surface area contributed by atoms with Gasteiger partial charge in [-0.1, -0.05) is 24.3 Å². The Balaban J connectivity index is 1.38. The molecule has 3 aromatic carbocycles. The van der Waals surface area contributed by atoms with E-state index in [0.717, 1.165) is 40.2 Å². The molecule has 2 unspecified atom stereocenters. The van der Waals surface area contributed by atoms with Crippen LogP contribution in [0.3, 0.4) is 0 Å². The standard InChI is InChI=1S/C33H38N2O7/c1-33(2,3)42-32(38)35-15-5-8-27(35)30(36)26-13-12-25(39-19-22-6-4-7-24(16-22)31(34)37)18-23(26)11-9-21-10-14-28-29(17-21)41-20-40-28/h4,6-7,10,12-14,16-18,27,30,36H,5,8-9,11,15,19-20H2,1-3H3,(H2,34,37). The third kappa shape index (κ3) is 6.97. The van der Waals surface area contributed by atoms with Crippen LogP contribution >= 0.6 is 0 Å². The van der Waals surface area contributed by atoms with Gasteiger partial charge in [0.15, 0.2) is 11.5 Å². The minimum Gasteiger partial charge on any atom is -0.489 e. The molecule has 0 bridgehead atoms. The number of fused-ring (bicyclic) bond motifs is 1. The average Bonchev–Trinajstić information content (AvgIpc) is 3.64. The Kier molecular flexibility index (Phi) is 8.59. The molecule has 0 radical (unpaired) electrons. The number of rotatable bonds is 9. The quantitative estimate of drug-likeness (QED) is 0.355. The average molecular weight is 575 g/mol. The predicted molar refractivity (Wildman–Crippen MR) is 157 cm³/mol. The van der Waals surface area contributed by atoms with Crippen molar-refractivity contribution in [1.82, 2.24) is 4.90 Å². The Hall–Kier alpha value is -4.24. The van der Waals surface area contributed by atoms with E-state index in [4.69, 9.17) is 24.7 Å². The second-order valence-corrected chi connectivity index (χ2v) is 11.7. The number of amides is 2. The lowest BCUT2D eigenvalue weighted by Crippen LogP contribution is -2.42. The highest BCUT2D eigenvalue weighted by atomic mass is 16.7. The molecule has 1 fully saturated rings. The fourth-order valence-electron chi connectivity index (χ4n) is 5.41. The molecule has 2 amide bonds. The van der Waals surface area contributed by atoms with Crippen molar-refractivity contribution >= 4 is 12.0 Å². The predicted octanol–water partition coefficient (Wildman–Crippen LogP) is 5.31. The Morgan fingerprint density at radius 1 is 1.02 bits per heavy atom. The number of nitrogens with zero attached hydrogens (tertiary/aromatic N) is 1. The van der Waals surface area contributed by atoms with Crippen LogP contribution in [0.25, 0.3) is 0 Å². The van der Waals surface area contributed by atoms with Gasteiger partial charge in [0, 0.05) is 12.1 Å². The van der Waals surface area contributed by atoms with E-state index in [-0.39, 0.29) is 13.4 Å². The third-order valence-corrected chi connectivity index (χ3v) is 7.46. The van der Waals surface area contributed by atoms with Gasteiger partial charge < -0.3 is 34.7 Å². The van der Waals surface area contributed by atoms with Gasteiger partial charge in [0.05, 0.1) is 12.1 Å². The normalized spacial score (nSPS) is 16.8. The Labute approximate surface area is 246 Å². The number of primary amides is 1. The number of aryl methyl sites for hydroxylation is 2. The van der Waals surface area contributed by atoms with E-state index in [1.807, 2.05) is 63.2 Å². The maximum Gasteiger partial charge on any atom is 0.410 e. The lowest BCUT2D eigenvalue weighted by molar-refractivity contribution is 0.00474. The molecular formula is C33H38N2O7. The monoisotopic (exact) mass is 574 g/mol. The second kappa shape index (κ2) is 12.3. The largest absolute Gasteiger partial charge is 0.489 e. The van der Waals surface area contributed by atoms with Crippen LogP contribution in [0.1, 0.15) is 72.3 Å². The topological polar surface area (TPSA) is 121 Å². The van der Waals surface area contributed by atoms with Gasteiger partial charge in [0.25, 0.3) is 0 Å². The third-order valence-electron chi connectivity index (χ3n) is 7.46. The number of hydrogen-bond donors (Lipinski definition) is 2. The molecule has 2 atom stereocenters. The molecule has 222 valence electrons. The van der Waals surface area contributed by atoms with Crippen molar-refractivity contribution in [2.75, 3.05) is 13.3 Å². The van der Waals surface area contributed by atoms with Gasteiger partial charge in [0.1, 0.15) is 18.0 Å². The van der Waals surface area contributed by atoms with Gasteiger partial charge in [-0.2, -0.15) is 0 Å². The maximum absolute atomic E-state index is 13.0. The highest BCUT2D eigenvalue weighted by Gasteiger charge is 2.37. The van der Waals surface area contributed by atoms with Crippen molar-refractivity contribution in [3.8, 4) is 17.2 Å². The highest BCUT2D eigenvalue weighted by Crippen LogP contribution is 2.36. The summed E-state index contributed by atoms with van der Waals surface area (Å²) in [7, 11) is 0. The first-order valence-electron chi connectivity index (χ1n) is 14.3. The van der Waals surface area contributed by atoms with Crippen molar-refractivity contribution in [3.63, 3.8) is 0 Å². The maximum atomic E-state index is 13.0. The summed E-state index contributed by atoms with van der Waals surface area (Å²) in [5, 5.41) is 11.7. The molecule has 2 aliphatic rings. The van der Waals surface area contributed by atoms with Gasteiger partial charge in [-0.25, -0.2) is 4.79 Å². The number of aliphatic hydroxyl groups excluding tert-OH is 1. The van der Waals surface area contributed by atoms with Gasteiger partial charge in [-0.15, -0.1) is 0 Å². The van der Waals surface area contributed by atoms with E-state index >= 15 is 0 Å². The van der Waals surface area contributed by atoms with Crippen LogP contribution in [0, 0.1) is 0 Å². The van der Waals surface area contributed by atoms with Crippen molar-refractivity contribution in [2.24, 2.45) is 5.73 Å². The molecule has 9 nitrogen and oxygen atoms in total. The molecule has 2 aliphatic heterocycles. The molecule has 3 N–H and O–H groups in total.